The minimum absolute atomic E-state index is 0.0405. The van der Waals surface area contributed by atoms with E-state index in [-0.39, 0.29) is 17.9 Å². The maximum Gasteiger partial charge on any atom is 0.296 e. The molecule has 1 fully saturated rings. The van der Waals surface area contributed by atoms with Gasteiger partial charge in [-0.3, -0.25) is 19.6 Å². The van der Waals surface area contributed by atoms with Crippen LogP contribution in [0.2, 0.25) is 0 Å². The monoisotopic (exact) mass is 371 g/mol. The van der Waals surface area contributed by atoms with Crippen LogP contribution in [0.1, 0.15) is 22.9 Å². The highest BCUT2D eigenvalue weighted by molar-refractivity contribution is 6.46. The fraction of sp³-hybridized carbons (Fsp3) is 0.0909. The standard InChI is InChI=1S/C22H17N3O3/c26-20(16-8-2-1-3-9-16)18-19(17-10-4-5-12-24-17)25(22(28)21(18)27)14-15-7-6-11-23-13-15/h1-13,19,26H,14H2/t19-/m0/s1. The summed E-state index contributed by atoms with van der Waals surface area (Å²) in [6.45, 7) is 0.186. The van der Waals surface area contributed by atoms with Crippen molar-refractivity contribution < 1.29 is 14.7 Å². The molecule has 0 bridgehead atoms. The Hall–Kier alpha value is -3.80. The third kappa shape index (κ3) is 3.16. The number of nitrogens with zero attached hydrogens (tertiary/aromatic N) is 3. The lowest BCUT2D eigenvalue weighted by atomic mass is 9.98. The van der Waals surface area contributed by atoms with E-state index in [9.17, 15) is 14.7 Å². The fourth-order valence-corrected chi connectivity index (χ4v) is 3.33. The van der Waals surface area contributed by atoms with Gasteiger partial charge in [-0.2, -0.15) is 0 Å². The Morgan fingerprint density at radius 3 is 2.43 bits per heavy atom. The van der Waals surface area contributed by atoms with E-state index in [0.717, 1.165) is 5.56 Å². The lowest BCUT2D eigenvalue weighted by molar-refractivity contribution is -0.140. The minimum atomic E-state index is -0.776. The number of likely N-dealkylation sites (tertiary alicyclic amines) is 1. The number of pyridine rings is 2. The fourth-order valence-electron chi connectivity index (χ4n) is 3.33. The molecule has 1 atom stereocenters. The van der Waals surface area contributed by atoms with Crippen LogP contribution in [0.15, 0.2) is 84.8 Å². The highest BCUT2D eigenvalue weighted by atomic mass is 16.3. The van der Waals surface area contributed by atoms with E-state index in [4.69, 9.17) is 0 Å². The second-order valence-electron chi connectivity index (χ2n) is 6.41. The van der Waals surface area contributed by atoms with E-state index < -0.39 is 17.7 Å². The molecule has 0 saturated carbocycles. The number of hydrogen-bond donors (Lipinski definition) is 1. The number of benzene rings is 1. The molecule has 6 nitrogen and oxygen atoms in total. The van der Waals surface area contributed by atoms with Crippen molar-refractivity contribution in [3.8, 4) is 0 Å². The molecule has 2 aromatic heterocycles. The molecule has 1 saturated heterocycles. The first-order chi connectivity index (χ1) is 13.7. The van der Waals surface area contributed by atoms with Gasteiger partial charge in [-0.15, -0.1) is 0 Å². The summed E-state index contributed by atoms with van der Waals surface area (Å²) in [5.74, 6) is -1.60. The van der Waals surface area contributed by atoms with Gasteiger partial charge in [0.05, 0.1) is 11.3 Å². The van der Waals surface area contributed by atoms with Gasteiger partial charge >= 0.3 is 0 Å². The lowest BCUT2D eigenvalue weighted by Crippen LogP contribution is -2.29. The van der Waals surface area contributed by atoms with Crippen LogP contribution in [0, 0.1) is 0 Å². The predicted molar refractivity (Wildman–Crippen MR) is 103 cm³/mol. The number of ketones is 1. The Morgan fingerprint density at radius 1 is 0.964 bits per heavy atom. The van der Waals surface area contributed by atoms with Crippen molar-refractivity contribution in [3.63, 3.8) is 0 Å². The number of carbonyl (C=O) groups excluding carboxylic acids is 2. The Morgan fingerprint density at radius 2 is 1.75 bits per heavy atom. The quantitative estimate of drug-likeness (QED) is 0.433. The predicted octanol–water partition coefficient (Wildman–Crippen LogP) is 3.10. The third-order valence-electron chi connectivity index (χ3n) is 4.63. The number of hydrogen-bond acceptors (Lipinski definition) is 5. The summed E-state index contributed by atoms with van der Waals surface area (Å²) in [7, 11) is 0. The minimum Gasteiger partial charge on any atom is -0.507 e. The van der Waals surface area contributed by atoms with Gasteiger partial charge in [0.2, 0.25) is 0 Å². The van der Waals surface area contributed by atoms with Crippen LogP contribution in [0.3, 0.4) is 0 Å². The van der Waals surface area contributed by atoms with Crippen molar-refractivity contribution in [2.45, 2.75) is 12.6 Å². The molecule has 0 aliphatic carbocycles. The van der Waals surface area contributed by atoms with Crippen molar-refractivity contribution in [2.75, 3.05) is 0 Å². The number of aliphatic hydroxyl groups is 1. The molecule has 3 heterocycles. The topological polar surface area (TPSA) is 83.4 Å². The zero-order chi connectivity index (χ0) is 19.5. The van der Waals surface area contributed by atoms with Crippen molar-refractivity contribution in [1.82, 2.24) is 14.9 Å². The number of aromatic nitrogens is 2. The highest BCUT2D eigenvalue weighted by Gasteiger charge is 2.46. The smallest absolute Gasteiger partial charge is 0.296 e. The van der Waals surface area contributed by atoms with E-state index >= 15 is 0 Å². The number of aliphatic hydroxyl groups excluding tert-OH is 1. The Bertz CT molecular complexity index is 1030. The molecule has 1 amide bonds. The van der Waals surface area contributed by atoms with Crippen LogP contribution < -0.4 is 0 Å². The molecular formula is C22H17N3O3. The van der Waals surface area contributed by atoms with E-state index in [1.54, 1.807) is 67.1 Å². The SMILES string of the molecule is O=C1C(=O)N(Cc2cccnc2)[C@@H](c2ccccn2)C1=C(O)c1ccccc1. The zero-order valence-corrected chi connectivity index (χ0v) is 14.9. The molecule has 0 radical (unpaired) electrons. The largest absolute Gasteiger partial charge is 0.507 e. The van der Waals surface area contributed by atoms with Gasteiger partial charge in [0, 0.05) is 30.7 Å². The van der Waals surface area contributed by atoms with Crippen LogP contribution >= 0.6 is 0 Å². The zero-order valence-electron chi connectivity index (χ0n) is 14.9. The number of amides is 1. The molecule has 28 heavy (non-hydrogen) atoms. The first-order valence-electron chi connectivity index (χ1n) is 8.80. The molecule has 6 heteroatoms. The van der Waals surface area contributed by atoms with E-state index in [1.807, 2.05) is 12.1 Å². The summed E-state index contributed by atoms with van der Waals surface area (Å²) in [4.78, 5) is 35.5. The average Bonchev–Trinajstić information content (AvgIpc) is 3.00. The van der Waals surface area contributed by atoms with Crippen LogP contribution in [0.5, 0.6) is 0 Å². The van der Waals surface area contributed by atoms with Gasteiger partial charge in [-0.25, -0.2) is 0 Å². The maximum absolute atomic E-state index is 12.9. The first kappa shape index (κ1) is 17.6. The molecule has 138 valence electrons. The summed E-state index contributed by atoms with van der Waals surface area (Å²) < 4.78 is 0. The lowest BCUT2D eigenvalue weighted by Gasteiger charge is -2.24. The normalized spacial score (nSPS) is 18.4. The second-order valence-corrected chi connectivity index (χ2v) is 6.41. The summed E-state index contributed by atoms with van der Waals surface area (Å²) >= 11 is 0. The van der Waals surface area contributed by atoms with Crippen molar-refractivity contribution in [2.24, 2.45) is 0 Å². The van der Waals surface area contributed by atoms with Crippen LogP contribution in [0.4, 0.5) is 0 Å². The van der Waals surface area contributed by atoms with Gasteiger partial charge in [-0.1, -0.05) is 42.5 Å². The Balaban J connectivity index is 1.85. The molecule has 0 spiro atoms. The molecular weight excluding hydrogens is 354 g/mol. The van der Waals surface area contributed by atoms with E-state index in [2.05, 4.69) is 9.97 Å². The third-order valence-corrected chi connectivity index (χ3v) is 4.63. The molecule has 4 rings (SSSR count). The van der Waals surface area contributed by atoms with Gasteiger partial charge in [0.15, 0.2) is 0 Å². The number of Topliss-reactive ketones (excluding diaryl/α,β-unsaturated/α-hetero) is 1. The van der Waals surface area contributed by atoms with Crippen LogP contribution in [-0.4, -0.2) is 31.7 Å². The van der Waals surface area contributed by atoms with Crippen molar-refractivity contribution in [1.29, 1.82) is 0 Å². The van der Waals surface area contributed by atoms with Crippen molar-refractivity contribution in [3.05, 3.63) is 102 Å². The average molecular weight is 371 g/mol. The van der Waals surface area contributed by atoms with Gasteiger partial charge < -0.3 is 10.0 Å². The van der Waals surface area contributed by atoms with E-state index in [0.29, 0.717) is 11.3 Å². The summed E-state index contributed by atoms with van der Waals surface area (Å²) in [5.41, 5.74) is 1.81. The Kier molecular flexibility index (Phi) is 4.68. The van der Waals surface area contributed by atoms with Gasteiger partial charge in [0.25, 0.3) is 11.7 Å². The summed E-state index contributed by atoms with van der Waals surface area (Å²) in [6, 6.07) is 16.8. The van der Waals surface area contributed by atoms with Gasteiger partial charge in [-0.05, 0) is 23.8 Å². The maximum atomic E-state index is 12.9. The number of carbonyl (C=O) groups is 2. The second kappa shape index (κ2) is 7.44. The van der Waals surface area contributed by atoms with Crippen LogP contribution in [-0.2, 0) is 16.1 Å². The molecule has 1 aromatic carbocycles. The van der Waals surface area contributed by atoms with Gasteiger partial charge in [0.1, 0.15) is 11.8 Å². The first-order valence-corrected chi connectivity index (χ1v) is 8.80. The van der Waals surface area contributed by atoms with Crippen molar-refractivity contribution >= 4 is 17.4 Å². The van der Waals surface area contributed by atoms with Crippen LogP contribution in [0.25, 0.3) is 5.76 Å². The molecule has 1 aliphatic heterocycles. The van der Waals surface area contributed by atoms with E-state index in [1.165, 1.54) is 4.90 Å². The molecule has 0 unspecified atom stereocenters. The highest BCUT2D eigenvalue weighted by Crippen LogP contribution is 2.39. The molecule has 1 N–H and O–H groups in total. The molecule has 3 aromatic rings. The molecule has 1 aliphatic rings. The summed E-state index contributed by atoms with van der Waals surface area (Å²) in [6.07, 6.45) is 4.89. The summed E-state index contributed by atoms with van der Waals surface area (Å²) in [5, 5.41) is 10.9. The number of rotatable bonds is 4. The Labute approximate surface area is 161 Å².